The van der Waals surface area contributed by atoms with Gasteiger partial charge in [0.15, 0.2) is 0 Å². The van der Waals surface area contributed by atoms with Gasteiger partial charge >= 0.3 is 0 Å². The largest absolute Gasteiger partial charge is 0.369 e. The molecule has 1 heterocycles. The molecule has 0 fully saturated rings. The first kappa shape index (κ1) is 13.8. The zero-order chi connectivity index (χ0) is 14.4. The van der Waals surface area contributed by atoms with Crippen LogP contribution in [0.3, 0.4) is 0 Å². The predicted octanol–water partition coefficient (Wildman–Crippen LogP) is 1.67. The number of aryl methyl sites for hydroxylation is 1. The smallest absolute Gasteiger partial charge is 0.201 e. The molecule has 0 bridgehead atoms. The van der Waals surface area contributed by atoms with E-state index in [1.54, 1.807) is 24.5 Å². The van der Waals surface area contributed by atoms with Crippen molar-refractivity contribution in [1.29, 1.82) is 0 Å². The molecule has 19 heavy (non-hydrogen) atoms. The lowest BCUT2D eigenvalue weighted by Crippen LogP contribution is -2.18. The fourth-order valence-electron chi connectivity index (χ4n) is 2.21. The first-order valence-electron chi connectivity index (χ1n) is 5.80. The summed E-state index contributed by atoms with van der Waals surface area (Å²) < 4.78 is 37.8. The van der Waals surface area contributed by atoms with Crippen molar-refractivity contribution in [2.24, 2.45) is 0 Å². The molecule has 0 spiro atoms. The summed E-state index contributed by atoms with van der Waals surface area (Å²) in [5, 5.41) is 0. The van der Waals surface area contributed by atoms with Crippen molar-refractivity contribution in [3.63, 3.8) is 0 Å². The molecule has 2 N–H and O–H groups in total. The van der Waals surface area contributed by atoms with E-state index in [1.165, 1.54) is 12.3 Å². The Kier molecular flexibility index (Phi) is 3.25. The fourth-order valence-corrected chi connectivity index (χ4v) is 3.24. The molecule has 2 aromatic rings. The van der Waals surface area contributed by atoms with E-state index >= 15 is 0 Å². The molecule has 1 aromatic heterocycles. The quantitative estimate of drug-likeness (QED) is 0.930. The second kappa shape index (κ2) is 4.48. The molecule has 0 aliphatic carbocycles. The Balaban J connectivity index is 2.60. The standard InChI is InChI=1S/C12H16FN3O2S/c1-7-4-11-10(5-9(7)13)15-12(14)16(11)8(2)6-19(3,17)18/h4-5,8H,6H2,1-3H3,(H2,14,15). The Bertz CT molecular complexity index is 737. The number of imidazole rings is 1. The van der Waals surface area contributed by atoms with Crippen LogP contribution >= 0.6 is 0 Å². The number of nitrogen functional groups attached to an aromatic ring is 1. The van der Waals surface area contributed by atoms with E-state index in [-0.39, 0.29) is 23.6 Å². The van der Waals surface area contributed by atoms with Crippen molar-refractivity contribution in [3.8, 4) is 0 Å². The second-order valence-corrected chi connectivity index (χ2v) is 7.06. The van der Waals surface area contributed by atoms with Crippen LogP contribution in [0, 0.1) is 12.7 Å². The number of nitrogens with zero attached hydrogens (tertiary/aromatic N) is 2. The highest BCUT2D eigenvalue weighted by molar-refractivity contribution is 7.90. The van der Waals surface area contributed by atoms with Crippen LogP contribution in [-0.2, 0) is 9.84 Å². The predicted molar refractivity (Wildman–Crippen MR) is 73.3 cm³/mol. The monoisotopic (exact) mass is 285 g/mol. The topological polar surface area (TPSA) is 78.0 Å². The molecule has 1 atom stereocenters. The Labute approximate surface area is 111 Å². The summed E-state index contributed by atoms with van der Waals surface area (Å²) in [7, 11) is -3.13. The molecule has 1 unspecified atom stereocenters. The van der Waals surface area contributed by atoms with Crippen LogP contribution in [0.4, 0.5) is 10.3 Å². The lowest BCUT2D eigenvalue weighted by atomic mass is 10.2. The van der Waals surface area contributed by atoms with E-state index < -0.39 is 9.84 Å². The minimum atomic E-state index is -3.13. The first-order valence-corrected chi connectivity index (χ1v) is 7.86. The summed E-state index contributed by atoms with van der Waals surface area (Å²) in [4.78, 5) is 4.07. The fraction of sp³-hybridized carbons (Fsp3) is 0.417. The minimum absolute atomic E-state index is 0.0426. The molecular weight excluding hydrogens is 269 g/mol. The average Bonchev–Trinajstić information content (AvgIpc) is 2.52. The number of fused-ring (bicyclic) bond motifs is 1. The van der Waals surface area contributed by atoms with Gasteiger partial charge in [-0.05, 0) is 25.5 Å². The van der Waals surface area contributed by atoms with Crippen molar-refractivity contribution in [3.05, 3.63) is 23.5 Å². The van der Waals surface area contributed by atoms with Crippen molar-refractivity contribution >= 4 is 26.8 Å². The SMILES string of the molecule is Cc1cc2c(cc1F)nc(N)n2C(C)CS(C)(=O)=O. The van der Waals surface area contributed by atoms with E-state index in [0.29, 0.717) is 16.6 Å². The summed E-state index contributed by atoms with van der Waals surface area (Å²) in [6, 6.07) is 2.59. The van der Waals surface area contributed by atoms with Crippen LogP contribution in [0.15, 0.2) is 12.1 Å². The number of sulfone groups is 1. The van der Waals surface area contributed by atoms with Crippen molar-refractivity contribution in [2.75, 3.05) is 17.7 Å². The molecule has 0 saturated heterocycles. The van der Waals surface area contributed by atoms with Crippen molar-refractivity contribution in [2.45, 2.75) is 19.9 Å². The summed E-state index contributed by atoms with van der Waals surface area (Å²) in [6.07, 6.45) is 1.17. The van der Waals surface area contributed by atoms with E-state index in [2.05, 4.69) is 4.98 Å². The summed E-state index contributed by atoms with van der Waals surface area (Å²) in [5.74, 6) is -0.205. The van der Waals surface area contributed by atoms with E-state index in [0.717, 1.165) is 0 Å². The van der Waals surface area contributed by atoms with Crippen LogP contribution < -0.4 is 5.73 Å². The third kappa shape index (κ3) is 2.70. The van der Waals surface area contributed by atoms with Crippen LogP contribution in [-0.4, -0.2) is 30.0 Å². The molecule has 0 radical (unpaired) electrons. The van der Waals surface area contributed by atoms with Gasteiger partial charge in [-0.25, -0.2) is 17.8 Å². The number of aromatic nitrogens is 2. The highest BCUT2D eigenvalue weighted by atomic mass is 32.2. The van der Waals surface area contributed by atoms with Gasteiger partial charge in [-0.3, -0.25) is 0 Å². The average molecular weight is 285 g/mol. The van der Waals surface area contributed by atoms with Crippen molar-refractivity contribution in [1.82, 2.24) is 9.55 Å². The molecule has 104 valence electrons. The van der Waals surface area contributed by atoms with Crippen LogP contribution in [0.1, 0.15) is 18.5 Å². The lowest BCUT2D eigenvalue weighted by molar-refractivity contribution is 0.571. The Morgan fingerprint density at radius 1 is 1.47 bits per heavy atom. The van der Waals surface area contributed by atoms with E-state index in [4.69, 9.17) is 5.73 Å². The van der Waals surface area contributed by atoms with Gasteiger partial charge in [-0.1, -0.05) is 0 Å². The maximum absolute atomic E-state index is 13.5. The second-order valence-electron chi connectivity index (χ2n) is 4.87. The van der Waals surface area contributed by atoms with Gasteiger partial charge in [0.05, 0.1) is 16.8 Å². The number of halogens is 1. The molecule has 1 aromatic carbocycles. The maximum Gasteiger partial charge on any atom is 0.201 e. The van der Waals surface area contributed by atoms with Gasteiger partial charge < -0.3 is 10.3 Å². The van der Waals surface area contributed by atoms with E-state index in [1.807, 2.05) is 0 Å². The van der Waals surface area contributed by atoms with E-state index in [9.17, 15) is 12.8 Å². The molecule has 0 aliphatic heterocycles. The zero-order valence-electron chi connectivity index (χ0n) is 11.0. The third-order valence-corrected chi connectivity index (χ3v) is 4.07. The zero-order valence-corrected chi connectivity index (χ0v) is 11.8. The maximum atomic E-state index is 13.5. The van der Waals surface area contributed by atoms with Crippen LogP contribution in [0.25, 0.3) is 11.0 Å². The molecular formula is C12H16FN3O2S. The Hall–Kier alpha value is -1.63. The van der Waals surface area contributed by atoms with Crippen LogP contribution in [0.2, 0.25) is 0 Å². The number of hydrogen-bond donors (Lipinski definition) is 1. The molecule has 0 aliphatic rings. The molecule has 0 amide bonds. The third-order valence-electron chi connectivity index (χ3n) is 2.98. The summed E-state index contributed by atoms with van der Waals surface area (Å²) in [6.45, 7) is 3.39. The van der Waals surface area contributed by atoms with Gasteiger partial charge in [0.1, 0.15) is 15.7 Å². The number of benzene rings is 1. The minimum Gasteiger partial charge on any atom is -0.369 e. The van der Waals surface area contributed by atoms with Gasteiger partial charge in [0.2, 0.25) is 5.95 Å². The first-order chi connectivity index (χ1) is 8.69. The normalized spacial score (nSPS) is 13.9. The van der Waals surface area contributed by atoms with Gasteiger partial charge in [-0.15, -0.1) is 0 Å². The van der Waals surface area contributed by atoms with Crippen molar-refractivity contribution < 1.29 is 12.8 Å². The molecule has 5 nitrogen and oxygen atoms in total. The van der Waals surface area contributed by atoms with Crippen LogP contribution in [0.5, 0.6) is 0 Å². The highest BCUT2D eigenvalue weighted by Gasteiger charge is 2.19. The van der Waals surface area contributed by atoms with Gasteiger partial charge in [-0.2, -0.15) is 0 Å². The highest BCUT2D eigenvalue weighted by Crippen LogP contribution is 2.25. The lowest BCUT2D eigenvalue weighted by Gasteiger charge is -2.15. The number of rotatable bonds is 3. The summed E-state index contributed by atoms with van der Waals surface area (Å²) >= 11 is 0. The molecule has 2 rings (SSSR count). The van der Waals surface area contributed by atoms with Gasteiger partial charge in [0.25, 0.3) is 0 Å². The molecule has 7 heteroatoms. The Morgan fingerprint density at radius 3 is 2.68 bits per heavy atom. The number of nitrogens with two attached hydrogens (primary N) is 1. The molecule has 0 saturated carbocycles. The summed E-state index contributed by atoms with van der Waals surface area (Å²) in [5.41, 5.74) is 7.36. The number of hydrogen-bond acceptors (Lipinski definition) is 4. The number of anilines is 1. The van der Waals surface area contributed by atoms with Gasteiger partial charge in [0, 0.05) is 18.4 Å². The Morgan fingerprint density at radius 2 is 2.11 bits per heavy atom.